The molecule has 0 bridgehead atoms. The second-order valence-electron chi connectivity index (χ2n) is 2.84. The van der Waals surface area contributed by atoms with Gasteiger partial charge in [-0.05, 0) is 33.8 Å². The Bertz CT molecular complexity index is 159. The van der Waals surface area contributed by atoms with Crippen LogP contribution in [0.1, 0.15) is 27.7 Å². The second-order valence-corrected chi connectivity index (χ2v) is 2.84. The average molecular weight is 170 g/mol. The van der Waals surface area contributed by atoms with Crippen molar-refractivity contribution in [3.8, 4) is 0 Å². The van der Waals surface area contributed by atoms with Gasteiger partial charge in [-0.15, -0.1) is 0 Å². The smallest absolute Gasteiger partial charge is 0.142 e. The average Bonchev–Trinajstić information content (AvgIpc) is 1.87. The van der Waals surface area contributed by atoms with Crippen LogP contribution in [0.25, 0.3) is 0 Å². The minimum Gasteiger partial charge on any atom is -0.392 e. The Morgan fingerprint density at radius 3 is 1.67 bits per heavy atom. The highest BCUT2D eigenvalue weighted by Crippen LogP contribution is 1.83. The molecule has 0 spiro atoms. The van der Waals surface area contributed by atoms with Crippen LogP contribution in [-0.2, 0) is 4.79 Å². The molecule has 70 valence electrons. The van der Waals surface area contributed by atoms with Gasteiger partial charge in [0, 0.05) is 0 Å². The first-order valence-corrected chi connectivity index (χ1v) is 3.87. The summed E-state index contributed by atoms with van der Waals surface area (Å²) < 4.78 is 0. The number of rotatable bonds is 2. The number of hydrogen-bond acceptors (Lipinski definition) is 2. The zero-order valence-corrected chi connectivity index (χ0v) is 8.29. The summed E-state index contributed by atoms with van der Waals surface area (Å²) in [5.74, 6) is 0. The third-order valence-corrected chi connectivity index (χ3v) is 0.901. The van der Waals surface area contributed by atoms with E-state index in [4.69, 9.17) is 5.11 Å². The van der Waals surface area contributed by atoms with Gasteiger partial charge in [-0.1, -0.05) is 17.2 Å². The number of aliphatic hydroxyl groups is 1. The quantitative estimate of drug-likeness (QED) is 0.391. The van der Waals surface area contributed by atoms with Crippen LogP contribution in [0.3, 0.4) is 0 Å². The fourth-order valence-corrected chi connectivity index (χ4v) is 0.319. The summed E-state index contributed by atoms with van der Waals surface area (Å²) in [6, 6.07) is 0. The molecule has 0 heterocycles. The Morgan fingerprint density at radius 2 is 1.67 bits per heavy atom. The first-order valence-electron chi connectivity index (χ1n) is 3.87. The van der Waals surface area contributed by atoms with Crippen LogP contribution in [0.2, 0.25) is 0 Å². The molecule has 0 saturated carbocycles. The van der Waals surface area contributed by atoms with Crippen molar-refractivity contribution < 1.29 is 9.90 Å². The van der Waals surface area contributed by atoms with Crippen LogP contribution in [0, 0.1) is 0 Å². The van der Waals surface area contributed by atoms with E-state index < -0.39 is 0 Å². The molecule has 0 fully saturated rings. The monoisotopic (exact) mass is 170 g/mol. The lowest BCUT2D eigenvalue weighted by Crippen LogP contribution is -1.71. The van der Waals surface area contributed by atoms with Crippen molar-refractivity contribution in [1.29, 1.82) is 0 Å². The van der Waals surface area contributed by atoms with Gasteiger partial charge in [-0.2, -0.15) is 0 Å². The number of hydrogen-bond donors (Lipinski definition) is 1. The van der Waals surface area contributed by atoms with Crippen molar-refractivity contribution >= 4 is 6.29 Å². The fourth-order valence-electron chi connectivity index (χ4n) is 0.319. The molecule has 0 aromatic carbocycles. The van der Waals surface area contributed by atoms with Gasteiger partial charge in [-0.3, -0.25) is 4.79 Å². The molecular formula is C10H18O2. The maximum absolute atomic E-state index is 9.54. The van der Waals surface area contributed by atoms with E-state index in [1.807, 2.05) is 27.7 Å². The van der Waals surface area contributed by atoms with Crippen molar-refractivity contribution in [2.24, 2.45) is 0 Å². The van der Waals surface area contributed by atoms with Gasteiger partial charge in [0.2, 0.25) is 0 Å². The van der Waals surface area contributed by atoms with Crippen molar-refractivity contribution in [3.63, 3.8) is 0 Å². The Labute approximate surface area is 74.6 Å². The molecule has 0 aliphatic heterocycles. The third kappa shape index (κ3) is 22.9. The standard InChI is InChI=1S/C5H10O.C5H8O/c2*1-5(2)3-4-6/h3,6H,4H2,1-2H3;3-4H,1-2H3. The summed E-state index contributed by atoms with van der Waals surface area (Å²) in [4.78, 5) is 9.54. The molecule has 2 nitrogen and oxygen atoms in total. The normalized spacial score (nSPS) is 7.42. The minimum atomic E-state index is 0.169. The molecule has 0 rings (SSSR count). The summed E-state index contributed by atoms with van der Waals surface area (Å²) >= 11 is 0. The highest BCUT2D eigenvalue weighted by molar-refractivity contribution is 5.65. The molecule has 0 radical (unpaired) electrons. The van der Waals surface area contributed by atoms with Crippen LogP contribution >= 0.6 is 0 Å². The molecule has 0 aliphatic carbocycles. The van der Waals surface area contributed by atoms with E-state index in [9.17, 15) is 4.79 Å². The van der Waals surface area contributed by atoms with E-state index in [2.05, 4.69) is 0 Å². The Hall–Kier alpha value is -0.890. The highest BCUT2D eigenvalue weighted by Gasteiger charge is 1.68. The number of allylic oxidation sites excluding steroid dienone is 3. The molecule has 2 heteroatoms. The maximum Gasteiger partial charge on any atom is 0.142 e. The van der Waals surface area contributed by atoms with Crippen molar-refractivity contribution in [2.45, 2.75) is 27.7 Å². The molecule has 0 saturated heterocycles. The Kier molecular flexibility index (Phi) is 11.5. The van der Waals surface area contributed by atoms with Crippen molar-refractivity contribution in [1.82, 2.24) is 0 Å². The van der Waals surface area contributed by atoms with E-state index in [0.717, 1.165) is 17.4 Å². The number of carbonyl (C=O) groups excluding carboxylic acids is 1. The topological polar surface area (TPSA) is 37.3 Å². The van der Waals surface area contributed by atoms with Gasteiger partial charge >= 0.3 is 0 Å². The predicted molar refractivity (Wildman–Crippen MR) is 52.0 cm³/mol. The SMILES string of the molecule is CC(C)=CC=O.CC(C)=CCO. The second kappa shape index (κ2) is 10.1. The van der Waals surface area contributed by atoms with Crippen molar-refractivity contribution in [2.75, 3.05) is 6.61 Å². The van der Waals surface area contributed by atoms with Crippen LogP contribution in [0.4, 0.5) is 0 Å². The molecule has 0 unspecified atom stereocenters. The van der Waals surface area contributed by atoms with E-state index in [1.165, 1.54) is 6.08 Å². The maximum atomic E-state index is 9.54. The molecule has 0 aromatic heterocycles. The van der Waals surface area contributed by atoms with E-state index >= 15 is 0 Å². The predicted octanol–water partition coefficient (Wildman–Crippen LogP) is 2.10. The third-order valence-electron chi connectivity index (χ3n) is 0.901. The summed E-state index contributed by atoms with van der Waals surface area (Å²) in [6.07, 6.45) is 4.08. The van der Waals surface area contributed by atoms with Crippen LogP contribution in [-0.4, -0.2) is 18.0 Å². The number of carbonyl (C=O) groups is 1. The largest absolute Gasteiger partial charge is 0.392 e. The van der Waals surface area contributed by atoms with Crippen LogP contribution < -0.4 is 0 Å². The Morgan fingerprint density at radius 1 is 1.17 bits per heavy atom. The lowest BCUT2D eigenvalue weighted by Gasteiger charge is -1.80. The molecule has 0 amide bonds. The van der Waals surface area contributed by atoms with Gasteiger partial charge in [-0.25, -0.2) is 0 Å². The summed E-state index contributed by atoms with van der Waals surface area (Å²) in [6.45, 7) is 7.84. The summed E-state index contributed by atoms with van der Waals surface area (Å²) in [7, 11) is 0. The van der Waals surface area contributed by atoms with Gasteiger partial charge < -0.3 is 5.11 Å². The molecule has 0 aliphatic rings. The van der Waals surface area contributed by atoms with E-state index in [1.54, 1.807) is 6.08 Å². The van der Waals surface area contributed by atoms with Crippen molar-refractivity contribution in [3.05, 3.63) is 23.3 Å². The van der Waals surface area contributed by atoms with Gasteiger partial charge in [0.1, 0.15) is 6.29 Å². The lowest BCUT2D eigenvalue weighted by atomic mass is 10.3. The fraction of sp³-hybridized carbons (Fsp3) is 0.500. The van der Waals surface area contributed by atoms with Crippen LogP contribution in [0.15, 0.2) is 23.3 Å². The molecule has 1 N–H and O–H groups in total. The minimum absolute atomic E-state index is 0.169. The number of aliphatic hydroxyl groups excluding tert-OH is 1. The first-order chi connectivity index (χ1) is 5.54. The van der Waals surface area contributed by atoms with Gasteiger partial charge in [0.05, 0.1) is 6.61 Å². The molecular weight excluding hydrogens is 152 g/mol. The Balaban J connectivity index is 0. The van der Waals surface area contributed by atoms with Gasteiger partial charge in [0.25, 0.3) is 0 Å². The van der Waals surface area contributed by atoms with Crippen LogP contribution in [0.5, 0.6) is 0 Å². The molecule has 0 atom stereocenters. The van der Waals surface area contributed by atoms with Gasteiger partial charge in [0.15, 0.2) is 0 Å². The molecule has 12 heavy (non-hydrogen) atoms. The van der Waals surface area contributed by atoms with E-state index in [-0.39, 0.29) is 6.61 Å². The molecule has 0 aromatic rings. The zero-order valence-electron chi connectivity index (χ0n) is 8.29. The van der Waals surface area contributed by atoms with E-state index in [0.29, 0.717) is 0 Å². The highest BCUT2D eigenvalue weighted by atomic mass is 16.2. The summed E-state index contributed by atoms with van der Waals surface area (Å²) in [5.41, 5.74) is 2.21. The summed E-state index contributed by atoms with van der Waals surface area (Å²) in [5, 5.41) is 8.16. The lowest BCUT2D eigenvalue weighted by molar-refractivity contribution is -0.104. The first kappa shape index (κ1) is 13.7. The zero-order chi connectivity index (χ0) is 9.98. The number of aldehydes is 1.